The van der Waals surface area contributed by atoms with Gasteiger partial charge in [0.15, 0.2) is 5.16 Å². The topological polar surface area (TPSA) is 72.3 Å². The van der Waals surface area contributed by atoms with E-state index in [-0.39, 0.29) is 5.91 Å². The van der Waals surface area contributed by atoms with Gasteiger partial charge < -0.3 is 15.0 Å². The third-order valence-corrected chi connectivity index (χ3v) is 6.79. The van der Waals surface area contributed by atoms with E-state index in [4.69, 9.17) is 4.74 Å². The monoisotopic (exact) mass is 485 g/mol. The number of anilines is 2. The molecular formula is C27H27N5O2S. The van der Waals surface area contributed by atoms with Crippen LogP contribution in [0.5, 0.6) is 0 Å². The Balaban J connectivity index is 1.32. The van der Waals surface area contributed by atoms with Crippen LogP contribution in [-0.4, -0.2) is 47.0 Å². The molecule has 0 radical (unpaired) electrons. The molecule has 5 rings (SSSR count). The number of hydrogen-bond donors (Lipinski definition) is 1. The lowest BCUT2D eigenvalue weighted by Gasteiger charge is -2.28. The first-order chi connectivity index (χ1) is 17.2. The number of carbonyl (C=O) groups is 1. The molecular weight excluding hydrogens is 458 g/mol. The Morgan fingerprint density at radius 3 is 2.49 bits per heavy atom. The zero-order chi connectivity index (χ0) is 24.0. The summed E-state index contributed by atoms with van der Waals surface area (Å²) in [5.41, 5.74) is 4.75. The number of morpholine rings is 1. The van der Waals surface area contributed by atoms with Gasteiger partial charge in [0.1, 0.15) is 0 Å². The molecule has 1 saturated heterocycles. The second-order valence-electron chi connectivity index (χ2n) is 8.36. The van der Waals surface area contributed by atoms with E-state index in [0.717, 1.165) is 41.1 Å². The van der Waals surface area contributed by atoms with E-state index in [1.54, 1.807) is 11.8 Å². The highest BCUT2D eigenvalue weighted by molar-refractivity contribution is 7.98. The van der Waals surface area contributed by atoms with Crippen molar-refractivity contribution in [3.8, 4) is 5.69 Å². The van der Waals surface area contributed by atoms with Crippen LogP contribution < -0.4 is 10.2 Å². The number of amides is 1. The van der Waals surface area contributed by atoms with Crippen LogP contribution in [0.4, 0.5) is 11.6 Å². The lowest BCUT2D eigenvalue weighted by Crippen LogP contribution is -2.37. The molecule has 35 heavy (non-hydrogen) atoms. The number of nitrogens with zero attached hydrogens (tertiary/aromatic N) is 4. The van der Waals surface area contributed by atoms with E-state index in [0.29, 0.717) is 24.5 Å². The second kappa shape index (κ2) is 10.8. The average Bonchev–Trinajstić information content (AvgIpc) is 3.33. The van der Waals surface area contributed by atoms with Crippen molar-refractivity contribution in [2.45, 2.75) is 17.8 Å². The predicted octanol–water partition coefficient (Wildman–Crippen LogP) is 4.96. The number of aromatic nitrogens is 3. The maximum absolute atomic E-state index is 12.5. The van der Waals surface area contributed by atoms with Gasteiger partial charge >= 0.3 is 0 Å². The summed E-state index contributed by atoms with van der Waals surface area (Å²) in [6.45, 7) is 5.05. The smallest absolute Gasteiger partial charge is 0.255 e. The fourth-order valence-electron chi connectivity index (χ4n) is 3.94. The molecule has 178 valence electrons. The number of benzene rings is 3. The molecule has 0 unspecified atom stereocenters. The zero-order valence-corrected chi connectivity index (χ0v) is 20.4. The summed E-state index contributed by atoms with van der Waals surface area (Å²) in [5.74, 6) is 1.44. The number of hydrogen-bond acceptors (Lipinski definition) is 6. The molecule has 1 aliphatic rings. The fourth-order valence-corrected chi connectivity index (χ4v) is 4.84. The molecule has 7 nitrogen and oxygen atoms in total. The predicted molar refractivity (Wildman–Crippen MR) is 140 cm³/mol. The first-order valence-electron chi connectivity index (χ1n) is 11.6. The van der Waals surface area contributed by atoms with Crippen LogP contribution in [0.2, 0.25) is 0 Å². The van der Waals surface area contributed by atoms with Crippen LogP contribution in [0.25, 0.3) is 5.69 Å². The van der Waals surface area contributed by atoms with E-state index >= 15 is 0 Å². The first kappa shape index (κ1) is 23.1. The lowest BCUT2D eigenvalue weighted by molar-refractivity contribution is 0.102. The number of rotatable bonds is 7. The highest BCUT2D eigenvalue weighted by atomic mass is 32.2. The molecule has 0 saturated carbocycles. The van der Waals surface area contributed by atoms with Crippen molar-refractivity contribution in [2.75, 3.05) is 36.5 Å². The van der Waals surface area contributed by atoms with Gasteiger partial charge in [0.25, 0.3) is 5.91 Å². The zero-order valence-electron chi connectivity index (χ0n) is 19.6. The van der Waals surface area contributed by atoms with E-state index in [1.165, 1.54) is 5.56 Å². The van der Waals surface area contributed by atoms with Crippen molar-refractivity contribution < 1.29 is 9.53 Å². The Kier molecular flexibility index (Phi) is 7.11. The summed E-state index contributed by atoms with van der Waals surface area (Å²) < 4.78 is 7.65. The van der Waals surface area contributed by atoms with E-state index in [2.05, 4.69) is 56.2 Å². The number of thioether (sulfide) groups is 1. The Morgan fingerprint density at radius 1 is 0.971 bits per heavy atom. The molecule has 1 amide bonds. The SMILES string of the molecule is Cc1cccc(-n2c(SCc3ccc(C(=O)Nc4ccccc4)cc3)nnc2N2CCOCC2)c1. The Labute approximate surface area is 209 Å². The number of para-hydroxylation sites is 1. The van der Waals surface area contributed by atoms with Gasteiger partial charge in [-0.2, -0.15) is 0 Å². The molecule has 1 aromatic heterocycles. The molecule has 0 spiro atoms. The molecule has 4 aromatic rings. The Bertz CT molecular complexity index is 1280. The van der Waals surface area contributed by atoms with Gasteiger partial charge in [-0.1, -0.05) is 54.2 Å². The van der Waals surface area contributed by atoms with Gasteiger partial charge in [-0.15, -0.1) is 10.2 Å². The standard InChI is InChI=1S/C27H27N5O2S/c1-20-6-5-9-24(18-20)32-26(31-14-16-34-17-15-31)29-30-27(32)35-19-21-10-12-22(13-11-21)25(33)28-23-7-3-2-4-8-23/h2-13,18H,14-17,19H2,1H3,(H,28,33). The molecule has 0 bridgehead atoms. The van der Waals surface area contributed by atoms with Crippen molar-refractivity contribution >= 4 is 29.3 Å². The number of carbonyl (C=O) groups excluding carboxylic acids is 1. The van der Waals surface area contributed by atoms with Gasteiger partial charge in [0, 0.05) is 30.1 Å². The van der Waals surface area contributed by atoms with Gasteiger partial charge in [-0.25, -0.2) is 0 Å². The normalized spacial score (nSPS) is 13.6. The summed E-state index contributed by atoms with van der Waals surface area (Å²) in [4.78, 5) is 14.8. The molecule has 1 N–H and O–H groups in total. The van der Waals surface area contributed by atoms with Crippen LogP contribution in [0.3, 0.4) is 0 Å². The summed E-state index contributed by atoms with van der Waals surface area (Å²) in [5, 5.41) is 12.8. The second-order valence-corrected chi connectivity index (χ2v) is 9.30. The third-order valence-electron chi connectivity index (χ3n) is 5.79. The number of nitrogens with one attached hydrogen (secondary N) is 1. The van der Waals surface area contributed by atoms with Gasteiger partial charge in [-0.3, -0.25) is 9.36 Å². The highest BCUT2D eigenvalue weighted by Gasteiger charge is 2.22. The summed E-state index contributed by atoms with van der Waals surface area (Å²) in [6, 6.07) is 25.5. The molecule has 3 aromatic carbocycles. The van der Waals surface area contributed by atoms with Crippen LogP contribution in [0.15, 0.2) is 84.0 Å². The van der Waals surface area contributed by atoms with E-state index in [9.17, 15) is 4.79 Å². The van der Waals surface area contributed by atoms with Crippen molar-refractivity contribution in [1.82, 2.24) is 14.8 Å². The molecule has 8 heteroatoms. The Hall–Kier alpha value is -3.62. The van der Waals surface area contributed by atoms with E-state index < -0.39 is 0 Å². The summed E-state index contributed by atoms with van der Waals surface area (Å²) in [6.07, 6.45) is 0. The minimum atomic E-state index is -0.121. The molecule has 1 aliphatic heterocycles. The summed E-state index contributed by atoms with van der Waals surface area (Å²) >= 11 is 1.63. The molecule has 0 aliphatic carbocycles. The van der Waals surface area contributed by atoms with Gasteiger partial charge in [0.05, 0.1) is 18.9 Å². The lowest BCUT2D eigenvalue weighted by atomic mass is 10.1. The molecule has 1 fully saturated rings. The van der Waals surface area contributed by atoms with Gasteiger partial charge in [-0.05, 0) is 54.4 Å². The van der Waals surface area contributed by atoms with Crippen molar-refractivity contribution in [2.24, 2.45) is 0 Å². The quantitative estimate of drug-likeness (QED) is 0.373. The van der Waals surface area contributed by atoms with Gasteiger partial charge in [0.2, 0.25) is 5.95 Å². The largest absolute Gasteiger partial charge is 0.378 e. The maximum atomic E-state index is 12.5. The Morgan fingerprint density at radius 2 is 1.74 bits per heavy atom. The fraction of sp³-hybridized carbons (Fsp3) is 0.222. The number of ether oxygens (including phenoxy) is 1. The van der Waals surface area contributed by atoms with Crippen LogP contribution in [0, 0.1) is 6.92 Å². The first-order valence-corrected chi connectivity index (χ1v) is 12.6. The third kappa shape index (κ3) is 5.55. The van der Waals surface area contributed by atoms with Crippen LogP contribution >= 0.6 is 11.8 Å². The minimum absolute atomic E-state index is 0.121. The molecule has 2 heterocycles. The van der Waals surface area contributed by atoms with Crippen molar-refractivity contribution in [3.63, 3.8) is 0 Å². The average molecular weight is 486 g/mol. The maximum Gasteiger partial charge on any atom is 0.255 e. The molecule has 0 atom stereocenters. The minimum Gasteiger partial charge on any atom is -0.378 e. The van der Waals surface area contributed by atoms with Crippen molar-refractivity contribution in [3.05, 3.63) is 95.6 Å². The number of aryl methyl sites for hydroxylation is 1. The van der Waals surface area contributed by atoms with E-state index in [1.807, 2.05) is 54.6 Å². The van der Waals surface area contributed by atoms with Crippen LogP contribution in [0.1, 0.15) is 21.5 Å². The van der Waals surface area contributed by atoms with Crippen molar-refractivity contribution in [1.29, 1.82) is 0 Å². The highest BCUT2D eigenvalue weighted by Crippen LogP contribution is 2.29. The summed E-state index contributed by atoms with van der Waals surface area (Å²) in [7, 11) is 0. The van der Waals surface area contributed by atoms with Crippen LogP contribution in [-0.2, 0) is 10.5 Å².